The molecule has 0 saturated heterocycles. The molecule has 0 radical (unpaired) electrons. The molecule has 1 fully saturated rings. The second kappa shape index (κ2) is 6.22. The van der Waals surface area contributed by atoms with Gasteiger partial charge in [0.1, 0.15) is 11.6 Å². The summed E-state index contributed by atoms with van der Waals surface area (Å²) in [6, 6.07) is 4.30. The lowest BCUT2D eigenvalue weighted by Crippen LogP contribution is -2.36. The maximum absolute atomic E-state index is 13.3. The minimum Gasteiger partial charge on any atom is -0.483 e. The van der Waals surface area contributed by atoms with Gasteiger partial charge in [0, 0.05) is 30.3 Å². The SMILES string of the molecule is CCN(C(=O)COc1cc(F)ccc1[C@H](C)N)C1CC1. The third-order valence-corrected chi connectivity index (χ3v) is 3.47. The highest BCUT2D eigenvalue weighted by Crippen LogP contribution is 2.28. The summed E-state index contributed by atoms with van der Waals surface area (Å²) >= 11 is 0. The van der Waals surface area contributed by atoms with Crippen molar-refractivity contribution in [3.05, 3.63) is 29.6 Å². The monoisotopic (exact) mass is 280 g/mol. The summed E-state index contributed by atoms with van der Waals surface area (Å²) in [5.74, 6) is -0.110. The number of benzene rings is 1. The molecular formula is C15H21FN2O2. The number of hydrogen-bond donors (Lipinski definition) is 1. The lowest BCUT2D eigenvalue weighted by Gasteiger charge is -2.21. The van der Waals surface area contributed by atoms with E-state index in [0.717, 1.165) is 12.8 Å². The average molecular weight is 280 g/mol. The van der Waals surface area contributed by atoms with Gasteiger partial charge in [0.2, 0.25) is 0 Å². The van der Waals surface area contributed by atoms with Crippen molar-refractivity contribution in [3.63, 3.8) is 0 Å². The standard InChI is InChI=1S/C15H21FN2O2/c1-3-18(12-5-6-12)15(19)9-20-14-8-11(16)4-7-13(14)10(2)17/h4,7-8,10,12H,3,5-6,9,17H2,1-2H3/t10-/m0/s1. The van der Waals surface area contributed by atoms with Crippen LogP contribution in [0.25, 0.3) is 0 Å². The Labute approximate surface area is 118 Å². The van der Waals surface area contributed by atoms with E-state index in [9.17, 15) is 9.18 Å². The first-order valence-electron chi connectivity index (χ1n) is 7.00. The molecule has 0 bridgehead atoms. The van der Waals surface area contributed by atoms with Crippen molar-refractivity contribution in [1.29, 1.82) is 0 Å². The number of amides is 1. The largest absolute Gasteiger partial charge is 0.483 e. The number of rotatable bonds is 6. The Morgan fingerprint density at radius 2 is 2.25 bits per heavy atom. The quantitative estimate of drug-likeness (QED) is 0.869. The summed E-state index contributed by atoms with van der Waals surface area (Å²) in [5.41, 5.74) is 6.52. The molecule has 1 aliphatic rings. The summed E-state index contributed by atoms with van der Waals surface area (Å²) in [5, 5.41) is 0. The Kier molecular flexibility index (Phi) is 4.60. The van der Waals surface area contributed by atoms with E-state index in [0.29, 0.717) is 23.9 Å². The van der Waals surface area contributed by atoms with Gasteiger partial charge in [-0.15, -0.1) is 0 Å². The molecule has 1 amide bonds. The minimum atomic E-state index is -0.397. The van der Waals surface area contributed by atoms with Crippen molar-refractivity contribution >= 4 is 5.91 Å². The van der Waals surface area contributed by atoms with Crippen molar-refractivity contribution in [2.24, 2.45) is 5.73 Å². The number of carbonyl (C=O) groups is 1. The third kappa shape index (κ3) is 3.48. The van der Waals surface area contributed by atoms with Crippen LogP contribution in [0.5, 0.6) is 5.75 Å². The lowest BCUT2D eigenvalue weighted by atomic mass is 10.1. The number of halogens is 1. The summed E-state index contributed by atoms with van der Waals surface area (Å²) in [6.45, 7) is 4.35. The molecule has 110 valence electrons. The van der Waals surface area contributed by atoms with Crippen molar-refractivity contribution in [1.82, 2.24) is 4.90 Å². The molecule has 1 aliphatic carbocycles. The van der Waals surface area contributed by atoms with Crippen molar-refractivity contribution in [3.8, 4) is 5.75 Å². The normalized spacial score (nSPS) is 15.8. The molecule has 2 rings (SSSR count). The molecular weight excluding hydrogens is 259 g/mol. The number of carbonyl (C=O) groups excluding carboxylic acids is 1. The fourth-order valence-corrected chi connectivity index (χ4v) is 2.26. The molecule has 0 heterocycles. The second-order valence-corrected chi connectivity index (χ2v) is 5.17. The number of nitrogens with zero attached hydrogens (tertiary/aromatic N) is 1. The van der Waals surface area contributed by atoms with Crippen LogP contribution in [0.4, 0.5) is 4.39 Å². The van der Waals surface area contributed by atoms with Crippen LogP contribution in [0.1, 0.15) is 38.3 Å². The maximum Gasteiger partial charge on any atom is 0.260 e. The molecule has 0 aromatic heterocycles. The molecule has 1 atom stereocenters. The van der Waals surface area contributed by atoms with E-state index in [4.69, 9.17) is 10.5 Å². The minimum absolute atomic E-state index is 0.0603. The average Bonchev–Trinajstić information content (AvgIpc) is 3.21. The van der Waals surface area contributed by atoms with Gasteiger partial charge in [-0.1, -0.05) is 6.07 Å². The number of likely N-dealkylation sites (N-methyl/N-ethyl adjacent to an activating group) is 1. The van der Waals surface area contributed by atoms with E-state index in [2.05, 4.69) is 0 Å². The van der Waals surface area contributed by atoms with Gasteiger partial charge in [0.15, 0.2) is 6.61 Å². The highest BCUT2D eigenvalue weighted by atomic mass is 19.1. The van der Waals surface area contributed by atoms with Crippen molar-refractivity contribution in [2.75, 3.05) is 13.2 Å². The zero-order valence-electron chi connectivity index (χ0n) is 11.9. The zero-order chi connectivity index (χ0) is 14.7. The van der Waals surface area contributed by atoms with Crippen LogP contribution in [0.15, 0.2) is 18.2 Å². The molecule has 1 saturated carbocycles. The van der Waals surface area contributed by atoms with Gasteiger partial charge in [-0.05, 0) is 32.8 Å². The van der Waals surface area contributed by atoms with E-state index in [1.165, 1.54) is 12.1 Å². The van der Waals surface area contributed by atoms with E-state index in [-0.39, 0.29) is 18.6 Å². The molecule has 0 aliphatic heterocycles. The van der Waals surface area contributed by atoms with Gasteiger partial charge < -0.3 is 15.4 Å². The Bertz CT molecular complexity index is 487. The molecule has 5 heteroatoms. The number of ether oxygens (including phenoxy) is 1. The first-order valence-corrected chi connectivity index (χ1v) is 7.00. The van der Waals surface area contributed by atoms with E-state index < -0.39 is 5.82 Å². The van der Waals surface area contributed by atoms with Gasteiger partial charge in [0.05, 0.1) is 0 Å². The number of hydrogen-bond acceptors (Lipinski definition) is 3. The van der Waals surface area contributed by atoms with Crippen LogP contribution in [0, 0.1) is 5.82 Å². The number of nitrogens with two attached hydrogens (primary N) is 1. The smallest absolute Gasteiger partial charge is 0.260 e. The Morgan fingerprint density at radius 3 is 2.80 bits per heavy atom. The highest BCUT2D eigenvalue weighted by molar-refractivity contribution is 5.78. The zero-order valence-corrected chi connectivity index (χ0v) is 11.9. The van der Waals surface area contributed by atoms with Crippen LogP contribution in [-0.4, -0.2) is 30.0 Å². The Hall–Kier alpha value is -1.62. The maximum atomic E-state index is 13.3. The molecule has 1 aromatic rings. The van der Waals surface area contributed by atoms with E-state index in [1.807, 2.05) is 11.8 Å². The fraction of sp³-hybridized carbons (Fsp3) is 0.533. The summed E-state index contributed by atoms with van der Waals surface area (Å²) in [6.07, 6.45) is 2.12. The predicted octanol–water partition coefficient (Wildman–Crippen LogP) is 2.24. The lowest BCUT2D eigenvalue weighted by molar-refractivity contribution is -0.133. The van der Waals surface area contributed by atoms with Gasteiger partial charge in [-0.2, -0.15) is 0 Å². The topological polar surface area (TPSA) is 55.6 Å². The highest BCUT2D eigenvalue weighted by Gasteiger charge is 2.31. The van der Waals surface area contributed by atoms with E-state index in [1.54, 1.807) is 13.0 Å². The van der Waals surface area contributed by atoms with Crippen molar-refractivity contribution in [2.45, 2.75) is 38.8 Å². The van der Waals surface area contributed by atoms with Gasteiger partial charge in [0.25, 0.3) is 5.91 Å². The second-order valence-electron chi connectivity index (χ2n) is 5.17. The summed E-state index contributed by atoms with van der Waals surface area (Å²) in [7, 11) is 0. The molecule has 0 spiro atoms. The Balaban J connectivity index is 2.02. The summed E-state index contributed by atoms with van der Waals surface area (Å²) < 4.78 is 18.8. The molecule has 2 N–H and O–H groups in total. The Morgan fingerprint density at radius 1 is 1.55 bits per heavy atom. The summed E-state index contributed by atoms with van der Waals surface area (Å²) in [4.78, 5) is 13.9. The molecule has 0 unspecified atom stereocenters. The van der Waals surface area contributed by atoms with Crippen molar-refractivity contribution < 1.29 is 13.9 Å². The third-order valence-electron chi connectivity index (χ3n) is 3.47. The van der Waals surface area contributed by atoms with Crippen LogP contribution < -0.4 is 10.5 Å². The van der Waals surface area contributed by atoms with Gasteiger partial charge in [-0.3, -0.25) is 4.79 Å². The molecule has 1 aromatic carbocycles. The predicted molar refractivity (Wildman–Crippen MR) is 74.9 cm³/mol. The molecule has 4 nitrogen and oxygen atoms in total. The van der Waals surface area contributed by atoms with Gasteiger partial charge >= 0.3 is 0 Å². The van der Waals surface area contributed by atoms with Crippen LogP contribution in [0.2, 0.25) is 0 Å². The molecule has 20 heavy (non-hydrogen) atoms. The van der Waals surface area contributed by atoms with Crippen LogP contribution in [0.3, 0.4) is 0 Å². The first kappa shape index (κ1) is 14.8. The first-order chi connectivity index (χ1) is 9.52. The van der Waals surface area contributed by atoms with Crippen LogP contribution >= 0.6 is 0 Å². The van der Waals surface area contributed by atoms with Crippen LogP contribution in [-0.2, 0) is 4.79 Å². The fourth-order valence-electron chi connectivity index (χ4n) is 2.26. The van der Waals surface area contributed by atoms with Gasteiger partial charge in [-0.25, -0.2) is 4.39 Å². The van der Waals surface area contributed by atoms with E-state index >= 15 is 0 Å².